The molecule has 174 valence electrons. The van der Waals surface area contributed by atoms with Crippen molar-refractivity contribution in [2.75, 3.05) is 26.9 Å². The number of carbonyl (C=O) groups is 1. The van der Waals surface area contributed by atoms with Gasteiger partial charge in [-0.05, 0) is 54.3 Å². The summed E-state index contributed by atoms with van der Waals surface area (Å²) >= 11 is 6.25. The molecule has 2 aromatic rings. The lowest BCUT2D eigenvalue weighted by atomic mass is 10.0. The van der Waals surface area contributed by atoms with E-state index in [4.69, 9.17) is 25.8 Å². The molecule has 0 saturated heterocycles. The van der Waals surface area contributed by atoms with Gasteiger partial charge >= 0.3 is 0 Å². The first-order chi connectivity index (χ1) is 15.2. The quantitative estimate of drug-likeness (QED) is 0.569. The van der Waals surface area contributed by atoms with E-state index < -0.39 is 22.0 Å². The monoisotopic (exact) mass is 482 g/mol. The number of fused-ring (bicyclic) bond motifs is 1. The van der Waals surface area contributed by atoms with Crippen molar-refractivity contribution < 1.29 is 27.4 Å². The molecule has 0 aromatic heterocycles. The fourth-order valence-electron chi connectivity index (χ4n) is 3.23. The number of methoxy groups -OCH3 is 1. The topological polar surface area (TPSA) is 103 Å². The first-order valence-corrected chi connectivity index (χ1v) is 12.1. The van der Waals surface area contributed by atoms with Crippen molar-refractivity contribution in [3.05, 3.63) is 47.0 Å². The summed E-state index contributed by atoms with van der Waals surface area (Å²) < 4.78 is 44.1. The fraction of sp³-hybridized carbons (Fsp3) is 0.409. The number of benzene rings is 2. The van der Waals surface area contributed by atoms with Gasteiger partial charge < -0.3 is 19.5 Å². The van der Waals surface area contributed by atoms with Crippen molar-refractivity contribution in [1.29, 1.82) is 0 Å². The van der Waals surface area contributed by atoms with Crippen LogP contribution in [0.4, 0.5) is 0 Å². The van der Waals surface area contributed by atoms with Gasteiger partial charge in [-0.3, -0.25) is 4.79 Å². The average molecular weight is 483 g/mol. The SMILES string of the molecule is COc1ccc(S(=O)(=O)N[C@H](C(=O)NCCc2cc(Cl)c3c(c2)OCCO3)C(C)C)cc1. The number of sulfonamides is 1. The number of amides is 1. The molecule has 3 rings (SSSR count). The van der Waals surface area contributed by atoms with Crippen LogP contribution in [0, 0.1) is 5.92 Å². The van der Waals surface area contributed by atoms with Crippen molar-refractivity contribution in [2.24, 2.45) is 5.92 Å². The maximum Gasteiger partial charge on any atom is 0.241 e. The lowest BCUT2D eigenvalue weighted by Gasteiger charge is -2.22. The van der Waals surface area contributed by atoms with Crippen LogP contribution in [0.25, 0.3) is 0 Å². The third-order valence-electron chi connectivity index (χ3n) is 4.97. The standard InChI is InChI=1S/C22H27ClN2O6S/c1-14(2)20(25-32(27,28)17-6-4-16(29-3)5-7-17)22(26)24-9-8-15-12-18(23)21-19(13-15)30-10-11-31-21/h4-7,12-14,20,25H,8-11H2,1-3H3,(H,24,26)/t20-/m0/s1. The van der Waals surface area contributed by atoms with E-state index in [1.54, 1.807) is 32.0 Å². The molecule has 10 heteroatoms. The highest BCUT2D eigenvalue weighted by Crippen LogP contribution is 2.38. The number of hydrogen-bond acceptors (Lipinski definition) is 6. The normalized spacial score (nSPS) is 14.2. The lowest BCUT2D eigenvalue weighted by Crippen LogP contribution is -2.49. The number of halogens is 1. The van der Waals surface area contributed by atoms with Gasteiger partial charge in [-0.2, -0.15) is 4.72 Å². The molecule has 0 radical (unpaired) electrons. The van der Waals surface area contributed by atoms with E-state index in [9.17, 15) is 13.2 Å². The lowest BCUT2D eigenvalue weighted by molar-refractivity contribution is -0.123. The summed E-state index contributed by atoms with van der Waals surface area (Å²) in [6.45, 7) is 4.77. The molecule has 0 unspecified atom stereocenters. The van der Waals surface area contributed by atoms with Crippen LogP contribution < -0.4 is 24.2 Å². The molecule has 2 aromatic carbocycles. The van der Waals surface area contributed by atoms with Crippen LogP contribution in [-0.4, -0.2) is 47.2 Å². The first kappa shape index (κ1) is 24.2. The Kier molecular flexibility index (Phi) is 7.86. The summed E-state index contributed by atoms with van der Waals surface area (Å²) in [4.78, 5) is 12.8. The van der Waals surface area contributed by atoms with E-state index >= 15 is 0 Å². The number of rotatable bonds is 9. The fourth-order valence-corrected chi connectivity index (χ4v) is 4.86. The molecule has 0 spiro atoms. The predicted octanol–water partition coefficient (Wildman–Crippen LogP) is 2.78. The summed E-state index contributed by atoms with van der Waals surface area (Å²) in [6, 6.07) is 8.65. The Morgan fingerprint density at radius 1 is 1.16 bits per heavy atom. The highest BCUT2D eigenvalue weighted by Gasteiger charge is 2.28. The van der Waals surface area contributed by atoms with Crippen LogP contribution in [0.3, 0.4) is 0 Å². The molecule has 8 nitrogen and oxygen atoms in total. The summed E-state index contributed by atoms with van der Waals surface area (Å²) in [6.07, 6.45) is 0.498. The second kappa shape index (κ2) is 10.4. The molecule has 0 fully saturated rings. The van der Waals surface area contributed by atoms with Crippen molar-refractivity contribution in [3.63, 3.8) is 0 Å². The minimum atomic E-state index is -3.88. The molecule has 32 heavy (non-hydrogen) atoms. The van der Waals surface area contributed by atoms with E-state index in [1.807, 2.05) is 6.07 Å². The van der Waals surface area contributed by atoms with Gasteiger partial charge in [-0.1, -0.05) is 25.4 Å². The van der Waals surface area contributed by atoms with E-state index in [0.717, 1.165) is 5.56 Å². The van der Waals surface area contributed by atoms with Gasteiger partial charge in [-0.25, -0.2) is 8.42 Å². The van der Waals surface area contributed by atoms with Crippen LogP contribution >= 0.6 is 11.6 Å². The Bertz CT molecular complexity index is 1060. The second-order valence-corrected chi connectivity index (χ2v) is 9.78. The Hall–Kier alpha value is -2.49. The molecular formula is C22H27ClN2O6S. The minimum absolute atomic E-state index is 0.0580. The van der Waals surface area contributed by atoms with Gasteiger partial charge in [0, 0.05) is 6.54 Å². The van der Waals surface area contributed by atoms with E-state index in [0.29, 0.717) is 48.5 Å². The molecule has 1 heterocycles. The van der Waals surface area contributed by atoms with Crippen LogP contribution in [0.1, 0.15) is 19.4 Å². The van der Waals surface area contributed by atoms with Crippen molar-refractivity contribution in [1.82, 2.24) is 10.0 Å². The molecule has 2 N–H and O–H groups in total. The number of hydrogen-bond donors (Lipinski definition) is 2. The van der Waals surface area contributed by atoms with E-state index in [-0.39, 0.29) is 10.8 Å². The third-order valence-corrected chi connectivity index (χ3v) is 6.71. The molecule has 1 aliphatic rings. The van der Waals surface area contributed by atoms with Crippen LogP contribution in [0.15, 0.2) is 41.3 Å². The van der Waals surface area contributed by atoms with E-state index in [1.165, 1.54) is 19.2 Å². The molecular weight excluding hydrogens is 456 g/mol. The molecule has 0 bridgehead atoms. The summed E-state index contributed by atoms with van der Waals surface area (Å²) in [7, 11) is -2.38. The Morgan fingerprint density at radius 3 is 2.50 bits per heavy atom. The van der Waals surface area contributed by atoms with Crippen molar-refractivity contribution >= 4 is 27.5 Å². The summed E-state index contributed by atoms with van der Waals surface area (Å²) in [5, 5.41) is 3.26. The zero-order valence-electron chi connectivity index (χ0n) is 18.2. The maximum atomic E-state index is 12.8. The summed E-state index contributed by atoms with van der Waals surface area (Å²) in [5.74, 6) is 0.990. The molecule has 1 amide bonds. The highest BCUT2D eigenvalue weighted by molar-refractivity contribution is 7.89. The number of carbonyl (C=O) groups excluding carboxylic acids is 1. The van der Waals surface area contributed by atoms with Gasteiger partial charge in [0.25, 0.3) is 0 Å². The van der Waals surface area contributed by atoms with Gasteiger partial charge in [0.05, 0.1) is 17.0 Å². The maximum absolute atomic E-state index is 12.8. The van der Waals surface area contributed by atoms with E-state index in [2.05, 4.69) is 10.0 Å². The van der Waals surface area contributed by atoms with Crippen LogP contribution in [-0.2, 0) is 21.2 Å². The summed E-state index contributed by atoms with van der Waals surface area (Å²) in [5.41, 5.74) is 0.875. The number of nitrogens with one attached hydrogen (secondary N) is 2. The third kappa shape index (κ3) is 5.85. The minimum Gasteiger partial charge on any atom is -0.497 e. The predicted molar refractivity (Wildman–Crippen MR) is 121 cm³/mol. The van der Waals surface area contributed by atoms with Crippen molar-refractivity contribution in [2.45, 2.75) is 31.2 Å². The van der Waals surface area contributed by atoms with Gasteiger partial charge in [0.2, 0.25) is 15.9 Å². The highest BCUT2D eigenvalue weighted by atomic mass is 35.5. The molecule has 0 aliphatic carbocycles. The molecule has 1 atom stereocenters. The van der Waals surface area contributed by atoms with Gasteiger partial charge in [-0.15, -0.1) is 0 Å². The average Bonchev–Trinajstić information content (AvgIpc) is 2.77. The second-order valence-electron chi connectivity index (χ2n) is 7.66. The Balaban J connectivity index is 1.62. The Labute approximate surface area is 193 Å². The zero-order valence-corrected chi connectivity index (χ0v) is 19.8. The van der Waals surface area contributed by atoms with Gasteiger partial charge in [0.1, 0.15) is 25.0 Å². The van der Waals surface area contributed by atoms with Gasteiger partial charge in [0.15, 0.2) is 11.5 Å². The van der Waals surface area contributed by atoms with Crippen LogP contribution in [0.2, 0.25) is 5.02 Å². The molecule has 0 saturated carbocycles. The number of ether oxygens (including phenoxy) is 3. The van der Waals surface area contributed by atoms with Crippen molar-refractivity contribution in [3.8, 4) is 17.2 Å². The molecule has 1 aliphatic heterocycles. The Morgan fingerprint density at radius 2 is 1.84 bits per heavy atom. The first-order valence-electron chi connectivity index (χ1n) is 10.2. The van der Waals surface area contributed by atoms with Crippen LogP contribution in [0.5, 0.6) is 17.2 Å². The smallest absolute Gasteiger partial charge is 0.241 e. The zero-order chi connectivity index (χ0) is 23.3. The largest absolute Gasteiger partial charge is 0.497 e.